The number of nitro benzene ring substituents is 1. The molecule has 37 heavy (non-hydrogen) atoms. The first kappa shape index (κ1) is 24.2. The van der Waals surface area contributed by atoms with Gasteiger partial charge in [0.2, 0.25) is 0 Å². The van der Waals surface area contributed by atoms with E-state index in [9.17, 15) is 28.1 Å². The van der Waals surface area contributed by atoms with Gasteiger partial charge in [0.25, 0.3) is 11.2 Å². The van der Waals surface area contributed by atoms with Gasteiger partial charge in [0.1, 0.15) is 17.1 Å². The predicted octanol–water partition coefficient (Wildman–Crippen LogP) is 4.76. The van der Waals surface area contributed by atoms with Crippen LogP contribution in [0, 0.1) is 10.1 Å². The first-order chi connectivity index (χ1) is 17.7. The SMILES string of the molecule is O=c1c(NC2CCCC2)c(-n2cc(-c3ccc([N+](=O)[O-])cc3)nn2)cnn1-c1ccc(C(F)(F)F)cc1. The van der Waals surface area contributed by atoms with Crippen LogP contribution in [0.15, 0.2) is 65.7 Å². The van der Waals surface area contributed by atoms with E-state index in [1.165, 1.54) is 35.1 Å². The van der Waals surface area contributed by atoms with Gasteiger partial charge in [-0.2, -0.15) is 23.0 Å². The Kier molecular flexibility index (Phi) is 6.19. The number of alkyl halides is 3. The minimum Gasteiger partial charge on any atom is -0.376 e. The van der Waals surface area contributed by atoms with Gasteiger partial charge in [0, 0.05) is 23.7 Å². The highest BCUT2D eigenvalue weighted by molar-refractivity contribution is 5.63. The number of benzene rings is 2. The summed E-state index contributed by atoms with van der Waals surface area (Å²) >= 11 is 0. The largest absolute Gasteiger partial charge is 0.416 e. The Balaban J connectivity index is 1.54. The number of halogens is 3. The number of hydrogen-bond acceptors (Lipinski definition) is 7. The Labute approximate surface area is 207 Å². The monoisotopic (exact) mass is 511 g/mol. The molecule has 1 aliphatic rings. The molecule has 10 nitrogen and oxygen atoms in total. The number of rotatable bonds is 6. The number of hydrogen-bond donors (Lipinski definition) is 1. The molecule has 13 heteroatoms. The van der Waals surface area contributed by atoms with Crippen LogP contribution in [0.4, 0.5) is 24.5 Å². The van der Waals surface area contributed by atoms with Crippen molar-refractivity contribution in [2.24, 2.45) is 0 Å². The fourth-order valence-electron chi connectivity index (χ4n) is 4.27. The lowest BCUT2D eigenvalue weighted by molar-refractivity contribution is -0.384. The molecule has 1 N–H and O–H groups in total. The molecule has 0 unspecified atom stereocenters. The van der Waals surface area contributed by atoms with E-state index in [0.29, 0.717) is 16.9 Å². The zero-order chi connectivity index (χ0) is 26.2. The Hall–Kier alpha value is -4.55. The number of aromatic nitrogens is 5. The highest BCUT2D eigenvalue weighted by atomic mass is 19.4. The van der Waals surface area contributed by atoms with Crippen molar-refractivity contribution in [1.29, 1.82) is 0 Å². The summed E-state index contributed by atoms with van der Waals surface area (Å²) in [4.78, 5) is 23.9. The Morgan fingerprint density at radius 1 is 1.03 bits per heavy atom. The molecule has 0 bridgehead atoms. The van der Waals surface area contributed by atoms with E-state index in [1.807, 2.05) is 0 Å². The van der Waals surface area contributed by atoms with Gasteiger partial charge in [-0.05, 0) is 49.2 Å². The Morgan fingerprint density at radius 3 is 2.32 bits per heavy atom. The average molecular weight is 511 g/mol. The topological polar surface area (TPSA) is 121 Å². The normalized spacial score (nSPS) is 14.1. The molecule has 0 aliphatic heterocycles. The number of nitro groups is 1. The van der Waals surface area contributed by atoms with Crippen LogP contribution >= 0.6 is 0 Å². The summed E-state index contributed by atoms with van der Waals surface area (Å²) < 4.78 is 41.3. The minimum atomic E-state index is -4.50. The van der Waals surface area contributed by atoms with Crippen molar-refractivity contribution in [3.05, 3.63) is 87.0 Å². The molecule has 0 spiro atoms. The van der Waals surface area contributed by atoms with E-state index in [-0.39, 0.29) is 23.1 Å². The molecule has 0 radical (unpaired) electrons. The summed E-state index contributed by atoms with van der Waals surface area (Å²) in [5.41, 5.74) is 0.284. The molecule has 0 saturated heterocycles. The van der Waals surface area contributed by atoms with Crippen LogP contribution in [0.5, 0.6) is 0 Å². The summed E-state index contributed by atoms with van der Waals surface area (Å²) in [6, 6.07) is 10.0. The van der Waals surface area contributed by atoms with Crippen LogP contribution in [-0.2, 0) is 6.18 Å². The molecule has 1 saturated carbocycles. The van der Waals surface area contributed by atoms with Crippen molar-refractivity contribution in [1.82, 2.24) is 24.8 Å². The first-order valence-corrected chi connectivity index (χ1v) is 11.4. The van der Waals surface area contributed by atoms with E-state index >= 15 is 0 Å². The fourth-order valence-corrected chi connectivity index (χ4v) is 4.27. The summed E-state index contributed by atoms with van der Waals surface area (Å²) in [7, 11) is 0. The molecule has 2 aromatic heterocycles. The van der Waals surface area contributed by atoms with E-state index in [4.69, 9.17) is 0 Å². The highest BCUT2D eigenvalue weighted by Gasteiger charge is 2.30. The molecule has 2 aromatic carbocycles. The summed E-state index contributed by atoms with van der Waals surface area (Å²) in [5, 5.41) is 26.6. The van der Waals surface area contributed by atoms with Gasteiger partial charge in [-0.15, -0.1) is 5.10 Å². The minimum absolute atomic E-state index is 0.0487. The molecule has 1 fully saturated rings. The maximum atomic E-state index is 13.5. The second-order valence-corrected chi connectivity index (χ2v) is 8.64. The highest BCUT2D eigenvalue weighted by Crippen LogP contribution is 2.30. The lowest BCUT2D eigenvalue weighted by Crippen LogP contribution is -2.29. The van der Waals surface area contributed by atoms with Crippen LogP contribution in [-0.4, -0.2) is 35.7 Å². The third kappa shape index (κ3) is 4.92. The van der Waals surface area contributed by atoms with Gasteiger partial charge < -0.3 is 5.32 Å². The third-order valence-corrected chi connectivity index (χ3v) is 6.21. The number of anilines is 1. The average Bonchev–Trinajstić information content (AvgIpc) is 3.57. The van der Waals surface area contributed by atoms with Crippen LogP contribution in [0.25, 0.3) is 22.6 Å². The van der Waals surface area contributed by atoms with E-state index in [2.05, 4.69) is 20.7 Å². The van der Waals surface area contributed by atoms with Gasteiger partial charge in [-0.1, -0.05) is 18.1 Å². The number of non-ortho nitro benzene ring substituents is 1. The maximum absolute atomic E-state index is 13.5. The number of nitrogens with one attached hydrogen (secondary N) is 1. The zero-order valence-corrected chi connectivity index (χ0v) is 19.2. The quantitative estimate of drug-likeness (QED) is 0.293. The Morgan fingerprint density at radius 2 is 1.70 bits per heavy atom. The van der Waals surface area contributed by atoms with Crippen molar-refractivity contribution < 1.29 is 18.1 Å². The van der Waals surface area contributed by atoms with Crippen LogP contribution in [0.1, 0.15) is 31.2 Å². The van der Waals surface area contributed by atoms with Crippen molar-refractivity contribution in [3.8, 4) is 22.6 Å². The number of nitrogens with zero attached hydrogens (tertiary/aromatic N) is 6. The molecule has 5 rings (SSSR count). The first-order valence-electron chi connectivity index (χ1n) is 11.4. The second-order valence-electron chi connectivity index (χ2n) is 8.64. The van der Waals surface area contributed by atoms with Crippen LogP contribution in [0.2, 0.25) is 0 Å². The standard InChI is InChI=1S/C24H20F3N7O3/c25-24(26,27)16-7-11-18(12-8-16)33-23(35)22(29-17-3-1-2-4-17)21(13-28-33)32-14-20(30-31-32)15-5-9-19(10-6-15)34(36)37/h5-14,17,29H,1-4H2. The van der Waals surface area contributed by atoms with Gasteiger partial charge in [0.05, 0.1) is 28.6 Å². The van der Waals surface area contributed by atoms with Gasteiger partial charge >= 0.3 is 6.18 Å². The summed E-state index contributed by atoms with van der Waals surface area (Å²) in [5.74, 6) is 0. The van der Waals surface area contributed by atoms with Gasteiger partial charge in [0.15, 0.2) is 0 Å². The van der Waals surface area contributed by atoms with Crippen molar-refractivity contribution >= 4 is 11.4 Å². The van der Waals surface area contributed by atoms with Gasteiger partial charge in [-0.25, -0.2) is 4.68 Å². The smallest absolute Gasteiger partial charge is 0.376 e. The molecule has 190 valence electrons. The zero-order valence-electron chi connectivity index (χ0n) is 19.2. The maximum Gasteiger partial charge on any atom is 0.416 e. The summed E-state index contributed by atoms with van der Waals surface area (Å²) in [6.07, 6.45) is 2.23. The van der Waals surface area contributed by atoms with E-state index in [0.717, 1.165) is 42.5 Å². The molecule has 0 atom stereocenters. The van der Waals surface area contributed by atoms with Crippen molar-refractivity contribution in [3.63, 3.8) is 0 Å². The molecular weight excluding hydrogens is 491 g/mol. The fraction of sp³-hybridized carbons (Fsp3) is 0.250. The molecule has 2 heterocycles. The molecule has 0 amide bonds. The molecular formula is C24H20F3N7O3. The van der Waals surface area contributed by atoms with Crippen molar-refractivity contribution in [2.45, 2.75) is 37.9 Å². The van der Waals surface area contributed by atoms with Crippen LogP contribution < -0.4 is 10.9 Å². The second kappa shape index (κ2) is 9.48. The molecule has 1 aliphatic carbocycles. The van der Waals surface area contributed by atoms with E-state index in [1.54, 1.807) is 18.3 Å². The summed E-state index contributed by atoms with van der Waals surface area (Å²) in [6.45, 7) is 0. The van der Waals surface area contributed by atoms with Crippen LogP contribution in [0.3, 0.4) is 0 Å². The Bertz CT molecular complexity index is 1490. The lowest BCUT2D eigenvalue weighted by Gasteiger charge is -2.17. The lowest BCUT2D eigenvalue weighted by atomic mass is 10.1. The van der Waals surface area contributed by atoms with Gasteiger partial charge in [-0.3, -0.25) is 14.9 Å². The van der Waals surface area contributed by atoms with E-state index < -0.39 is 22.2 Å². The third-order valence-electron chi connectivity index (χ3n) is 6.21. The van der Waals surface area contributed by atoms with Crippen molar-refractivity contribution in [2.75, 3.05) is 5.32 Å². The molecule has 4 aromatic rings. The predicted molar refractivity (Wildman–Crippen MR) is 128 cm³/mol.